The summed E-state index contributed by atoms with van der Waals surface area (Å²) in [6.07, 6.45) is 0. The lowest BCUT2D eigenvalue weighted by molar-refractivity contribution is 0.293. The first-order valence-corrected chi connectivity index (χ1v) is 8.11. The van der Waals surface area contributed by atoms with E-state index in [1.807, 2.05) is 32.0 Å². The van der Waals surface area contributed by atoms with Crippen molar-refractivity contribution in [3.05, 3.63) is 50.4 Å². The predicted molar refractivity (Wildman–Crippen MR) is 84.8 cm³/mol. The van der Waals surface area contributed by atoms with Crippen molar-refractivity contribution in [2.24, 2.45) is 0 Å². The van der Waals surface area contributed by atoms with E-state index in [1.165, 1.54) is 6.07 Å². The minimum absolute atomic E-state index is 0.136. The summed E-state index contributed by atoms with van der Waals surface area (Å²) in [5.41, 5.74) is 0.926. The number of halogens is 2. The number of ether oxygens (including phenoxy) is 1. The summed E-state index contributed by atoms with van der Waals surface area (Å²) in [7, 11) is 0. The maximum Gasteiger partial charge on any atom is 0.165 e. The molecule has 0 radical (unpaired) electrons. The normalized spacial score (nSPS) is 12.4. The van der Waals surface area contributed by atoms with Crippen LogP contribution in [0.4, 0.5) is 4.39 Å². The standard InChI is InChI=1S/C15H17BrFNOS/c1-3-18-10(2)11-4-6-14(13(17)8-11)19-9-12-5-7-15(16)20-12/h4-8,10,18H,3,9H2,1-2H3. The second-order valence-electron chi connectivity index (χ2n) is 4.46. The van der Waals surface area contributed by atoms with E-state index in [2.05, 4.69) is 21.2 Å². The molecule has 108 valence electrons. The first-order valence-electron chi connectivity index (χ1n) is 6.50. The number of hydrogen-bond acceptors (Lipinski definition) is 3. The van der Waals surface area contributed by atoms with E-state index in [0.717, 1.165) is 20.8 Å². The molecule has 2 rings (SSSR count). The minimum atomic E-state index is -0.317. The third-order valence-corrected chi connectivity index (χ3v) is 4.56. The highest BCUT2D eigenvalue weighted by atomic mass is 79.9. The summed E-state index contributed by atoms with van der Waals surface area (Å²) in [5, 5.41) is 3.26. The van der Waals surface area contributed by atoms with Gasteiger partial charge in [-0.25, -0.2) is 4.39 Å². The smallest absolute Gasteiger partial charge is 0.165 e. The van der Waals surface area contributed by atoms with Gasteiger partial charge in [0.05, 0.1) is 3.79 Å². The summed E-state index contributed by atoms with van der Waals surface area (Å²) in [4.78, 5) is 1.06. The van der Waals surface area contributed by atoms with Gasteiger partial charge in [0.2, 0.25) is 0 Å². The summed E-state index contributed by atoms with van der Waals surface area (Å²) < 4.78 is 20.6. The maximum atomic E-state index is 14.0. The fraction of sp³-hybridized carbons (Fsp3) is 0.333. The molecule has 0 bridgehead atoms. The minimum Gasteiger partial charge on any atom is -0.485 e. The van der Waals surface area contributed by atoms with Crippen molar-refractivity contribution in [1.82, 2.24) is 5.32 Å². The van der Waals surface area contributed by atoms with Crippen LogP contribution in [-0.2, 0) is 6.61 Å². The zero-order valence-electron chi connectivity index (χ0n) is 11.5. The van der Waals surface area contributed by atoms with Gasteiger partial charge in [0.1, 0.15) is 6.61 Å². The molecule has 0 spiro atoms. The molecular weight excluding hydrogens is 341 g/mol. The van der Waals surface area contributed by atoms with E-state index in [-0.39, 0.29) is 11.9 Å². The Labute approximate surface area is 131 Å². The molecule has 1 aromatic heterocycles. The van der Waals surface area contributed by atoms with Crippen LogP contribution in [0.15, 0.2) is 34.1 Å². The van der Waals surface area contributed by atoms with Crippen molar-refractivity contribution in [2.75, 3.05) is 6.54 Å². The molecule has 1 aromatic carbocycles. The number of hydrogen-bond donors (Lipinski definition) is 1. The predicted octanol–water partition coefficient (Wildman–Crippen LogP) is 4.90. The van der Waals surface area contributed by atoms with Crippen molar-refractivity contribution in [3.63, 3.8) is 0 Å². The Kier molecular flexibility index (Phi) is 5.57. The largest absolute Gasteiger partial charge is 0.485 e. The van der Waals surface area contributed by atoms with E-state index in [9.17, 15) is 4.39 Å². The molecule has 1 N–H and O–H groups in total. The maximum absolute atomic E-state index is 14.0. The second-order valence-corrected chi connectivity index (χ2v) is 7.01. The molecule has 20 heavy (non-hydrogen) atoms. The monoisotopic (exact) mass is 357 g/mol. The molecule has 0 aliphatic heterocycles. The summed E-state index contributed by atoms with van der Waals surface area (Å²) >= 11 is 4.98. The molecule has 5 heteroatoms. The third kappa shape index (κ3) is 4.04. The molecule has 2 nitrogen and oxygen atoms in total. The van der Waals surface area contributed by atoms with E-state index in [1.54, 1.807) is 17.4 Å². The number of rotatable bonds is 6. The van der Waals surface area contributed by atoms with Crippen LogP contribution in [0.1, 0.15) is 30.3 Å². The molecule has 0 fully saturated rings. The van der Waals surface area contributed by atoms with E-state index < -0.39 is 0 Å². The van der Waals surface area contributed by atoms with Crippen LogP contribution in [0.25, 0.3) is 0 Å². The Bertz CT molecular complexity index is 573. The van der Waals surface area contributed by atoms with Crippen molar-refractivity contribution in [2.45, 2.75) is 26.5 Å². The lowest BCUT2D eigenvalue weighted by Gasteiger charge is -2.14. The SMILES string of the molecule is CCNC(C)c1ccc(OCc2ccc(Br)s2)c(F)c1. The summed E-state index contributed by atoms with van der Waals surface area (Å²) in [6, 6.07) is 9.19. The van der Waals surface area contributed by atoms with Crippen LogP contribution in [-0.4, -0.2) is 6.54 Å². The molecule has 0 aliphatic rings. The van der Waals surface area contributed by atoms with E-state index in [4.69, 9.17) is 4.74 Å². The Balaban J connectivity index is 2.02. The number of thiophene rings is 1. The van der Waals surface area contributed by atoms with Gasteiger partial charge < -0.3 is 10.1 Å². The van der Waals surface area contributed by atoms with Gasteiger partial charge in [0.15, 0.2) is 11.6 Å². The van der Waals surface area contributed by atoms with Gasteiger partial charge in [-0.3, -0.25) is 0 Å². The molecule has 2 aromatic rings. The Hall–Kier alpha value is -0.910. The molecule has 0 saturated heterocycles. The molecule has 0 aliphatic carbocycles. The van der Waals surface area contributed by atoms with Gasteiger partial charge in [-0.1, -0.05) is 13.0 Å². The van der Waals surface area contributed by atoms with Crippen LogP contribution in [0.3, 0.4) is 0 Å². The summed E-state index contributed by atoms with van der Waals surface area (Å²) in [6.45, 7) is 5.29. The Morgan fingerprint density at radius 1 is 1.35 bits per heavy atom. The number of nitrogens with one attached hydrogen (secondary N) is 1. The first kappa shape index (κ1) is 15.5. The second kappa shape index (κ2) is 7.20. The zero-order chi connectivity index (χ0) is 14.5. The van der Waals surface area contributed by atoms with Crippen LogP contribution in [0.2, 0.25) is 0 Å². The average molecular weight is 358 g/mol. The highest BCUT2D eigenvalue weighted by molar-refractivity contribution is 9.11. The molecule has 1 heterocycles. The molecule has 0 saturated carbocycles. The lowest BCUT2D eigenvalue weighted by Crippen LogP contribution is -2.17. The number of benzene rings is 1. The van der Waals surface area contributed by atoms with Crippen LogP contribution in [0.5, 0.6) is 5.75 Å². The van der Waals surface area contributed by atoms with Gasteiger partial charge in [-0.05, 0) is 59.2 Å². The topological polar surface area (TPSA) is 21.3 Å². The Morgan fingerprint density at radius 3 is 2.75 bits per heavy atom. The first-order chi connectivity index (χ1) is 9.60. The van der Waals surface area contributed by atoms with Gasteiger partial charge >= 0.3 is 0 Å². The van der Waals surface area contributed by atoms with Crippen molar-refractivity contribution in [3.8, 4) is 5.75 Å². The molecule has 1 atom stereocenters. The van der Waals surface area contributed by atoms with Crippen LogP contribution >= 0.6 is 27.3 Å². The fourth-order valence-corrected chi connectivity index (χ4v) is 3.30. The van der Waals surface area contributed by atoms with Gasteiger partial charge in [0, 0.05) is 10.9 Å². The third-order valence-electron chi connectivity index (χ3n) is 2.97. The molecule has 1 unspecified atom stereocenters. The van der Waals surface area contributed by atoms with E-state index >= 15 is 0 Å². The molecule has 0 amide bonds. The Morgan fingerprint density at radius 2 is 2.15 bits per heavy atom. The van der Waals surface area contributed by atoms with E-state index in [0.29, 0.717) is 12.4 Å². The lowest BCUT2D eigenvalue weighted by atomic mass is 10.1. The fourth-order valence-electron chi connectivity index (χ4n) is 1.91. The summed E-state index contributed by atoms with van der Waals surface area (Å²) in [5.74, 6) is -0.0233. The zero-order valence-corrected chi connectivity index (χ0v) is 13.9. The van der Waals surface area contributed by atoms with Crippen LogP contribution in [0, 0.1) is 5.82 Å². The van der Waals surface area contributed by atoms with Gasteiger partial charge in [0.25, 0.3) is 0 Å². The van der Waals surface area contributed by atoms with Crippen LogP contribution < -0.4 is 10.1 Å². The molecular formula is C15H17BrFNOS. The van der Waals surface area contributed by atoms with Crippen molar-refractivity contribution < 1.29 is 9.13 Å². The van der Waals surface area contributed by atoms with Crippen molar-refractivity contribution in [1.29, 1.82) is 0 Å². The highest BCUT2D eigenvalue weighted by Crippen LogP contribution is 2.26. The average Bonchev–Trinajstić information content (AvgIpc) is 2.83. The van der Waals surface area contributed by atoms with Gasteiger partial charge in [-0.2, -0.15) is 0 Å². The quantitative estimate of drug-likeness (QED) is 0.793. The highest BCUT2D eigenvalue weighted by Gasteiger charge is 2.09. The van der Waals surface area contributed by atoms with Crippen molar-refractivity contribution >= 4 is 27.3 Å². The van der Waals surface area contributed by atoms with Gasteiger partial charge in [-0.15, -0.1) is 11.3 Å².